The van der Waals surface area contributed by atoms with Crippen LogP contribution >= 0.6 is 0 Å². The van der Waals surface area contributed by atoms with Gasteiger partial charge in [-0.25, -0.2) is 0 Å². The molecule has 5 heteroatoms. The zero-order valence-electron chi connectivity index (χ0n) is 13.2. The van der Waals surface area contributed by atoms with Gasteiger partial charge in [0, 0.05) is 19.6 Å². The van der Waals surface area contributed by atoms with Crippen molar-refractivity contribution < 1.29 is 14.2 Å². The maximum Gasteiger partial charge on any atom is 0.160 e. The van der Waals surface area contributed by atoms with E-state index in [4.69, 9.17) is 14.2 Å². The van der Waals surface area contributed by atoms with Gasteiger partial charge in [0.15, 0.2) is 11.5 Å². The first-order valence-corrected chi connectivity index (χ1v) is 7.44. The number of hydrogen-bond acceptors (Lipinski definition) is 5. The van der Waals surface area contributed by atoms with Crippen LogP contribution in [0.4, 0.5) is 0 Å². The lowest BCUT2D eigenvalue weighted by atomic mass is 10.1. The molecule has 0 amide bonds. The largest absolute Gasteiger partial charge is 0.493 e. The highest BCUT2D eigenvalue weighted by Crippen LogP contribution is 2.27. The molecule has 1 unspecified atom stereocenters. The number of methoxy groups -OCH3 is 2. The Morgan fingerprint density at radius 3 is 2.81 bits per heavy atom. The Kier molecular flexibility index (Phi) is 6.29. The summed E-state index contributed by atoms with van der Waals surface area (Å²) in [5.74, 6) is 1.56. The molecule has 1 N–H and O–H groups in total. The van der Waals surface area contributed by atoms with Gasteiger partial charge in [0.2, 0.25) is 0 Å². The highest BCUT2D eigenvalue weighted by Gasteiger charge is 2.16. The molecule has 0 aliphatic carbocycles. The summed E-state index contributed by atoms with van der Waals surface area (Å²) in [6, 6.07) is 6.06. The van der Waals surface area contributed by atoms with Gasteiger partial charge in [-0.3, -0.25) is 0 Å². The minimum atomic E-state index is 0.300. The number of morpholine rings is 1. The summed E-state index contributed by atoms with van der Waals surface area (Å²) in [4.78, 5) is 2.31. The van der Waals surface area contributed by atoms with Gasteiger partial charge in [0.05, 0.1) is 26.9 Å². The second-order valence-electron chi connectivity index (χ2n) is 5.40. The molecule has 1 atom stereocenters. The van der Waals surface area contributed by atoms with Crippen molar-refractivity contribution >= 4 is 0 Å². The number of hydrogen-bond donors (Lipinski definition) is 1. The van der Waals surface area contributed by atoms with E-state index >= 15 is 0 Å². The maximum absolute atomic E-state index is 5.73. The lowest BCUT2D eigenvalue weighted by Crippen LogP contribution is -2.45. The molecule has 0 radical (unpaired) electrons. The minimum absolute atomic E-state index is 0.300. The minimum Gasteiger partial charge on any atom is -0.493 e. The Bertz CT molecular complexity index is 440. The van der Waals surface area contributed by atoms with Gasteiger partial charge in [0.1, 0.15) is 0 Å². The molecule has 1 heterocycles. The maximum atomic E-state index is 5.73. The highest BCUT2D eigenvalue weighted by molar-refractivity contribution is 5.42. The molecule has 0 spiro atoms. The predicted molar refractivity (Wildman–Crippen MR) is 83.4 cm³/mol. The van der Waals surface area contributed by atoms with Crippen molar-refractivity contribution in [1.29, 1.82) is 0 Å². The SMILES string of the molecule is COc1ccc(CCNCC2CN(C)CCO2)cc1OC. The molecule has 0 saturated carbocycles. The van der Waals surface area contributed by atoms with Gasteiger partial charge in [-0.15, -0.1) is 0 Å². The van der Waals surface area contributed by atoms with Crippen LogP contribution < -0.4 is 14.8 Å². The Morgan fingerprint density at radius 2 is 2.10 bits per heavy atom. The smallest absolute Gasteiger partial charge is 0.160 e. The van der Waals surface area contributed by atoms with Crippen LogP contribution in [0.3, 0.4) is 0 Å². The molecule has 5 nitrogen and oxygen atoms in total. The Balaban J connectivity index is 1.73. The van der Waals surface area contributed by atoms with Crippen LogP contribution in [0.1, 0.15) is 5.56 Å². The number of likely N-dealkylation sites (N-methyl/N-ethyl adjacent to an activating group) is 1. The Labute approximate surface area is 127 Å². The van der Waals surface area contributed by atoms with Crippen LogP contribution in [-0.2, 0) is 11.2 Å². The van der Waals surface area contributed by atoms with E-state index in [0.717, 1.165) is 50.7 Å². The fourth-order valence-corrected chi connectivity index (χ4v) is 2.52. The van der Waals surface area contributed by atoms with E-state index in [9.17, 15) is 0 Å². The number of ether oxygens (including phenoxy) is 3. The second-order valence-corrected chi connectivity index (χ2v) is 5.40. The van der Waals surface area contributed by atoms with Crippen molar-refractivity contribution in [3.63, 3.8) is 0 Å². The van der Waals surface area contributed by atoms with E-state index in [1.54, 1.807) is 14.2 Å². The van der Waals surface area contributed by atoms with Gasteiger partial charge in [-0.05, 0) is 37.7 Å². The van der Waals surface area contributed by atoms with Gasteiger partial charge >= 0.3 is 0 Å². The molecule has 1 aromatic carbocycles. The fourth-order valence-electron chi connectivity index (χ4n) is 2.52. The lowest BCUT2D eigenvalue weighted by molar-refractivity contribution is -0.0179. The first kappa shape index (κ1) is 16.1. The number of rotatable bonds is 7. The van der Waals surface area contributed by atoms with Crippen molar-refractivity contribution in [2.75, 3.05) is 54.1 Å². The third kappa shape index (κ3) is 4.88. The zero-order valence-corrected chi connectivity index (χ0v) is 13.2. The second kappa shape index (κ2) is 8.22. The van der Waals surface area contributed by atoms with Crippen LogP contribution in [0, 0.1) is 0 Å². The average Bonchev–Trinajstić information content (AvgIpc) is 2.51. The third-order valence-corrected chi connectivity index (χ3v) is 3.75. The molecule has 1 fully saturated rings. The lowest BCUT2D eigenvalue weighted by Gasteiger charge is -2.30. The normalized spacial score (nSPS) is 19.5. The molecule has 1 aliphatic heterocycles. The van der Waals surface area contributed by atoms with E-state index < -0.39 is 0 Å². The van der Waals surface area contributed by atoms with Crippen molar-refractivity contribution in [2.24, 2.45) is 0 Å². The summed E-state index contributed by atoms with van der Waals surface area (Å²) in [5.41, 5.74) is 1.24. The molecular formula is C16H26N2O3. The molecule has 1 aliphatic rings. The van der Waals surface area contributed by atoms with E-state index in [0.29, 0.717) is 6.10 Å². The van der Waals surface area contributed by atoms with E-state index in [1.165, 1.54) is 5.56 Å². The first-order valence-electron chi connectivity index (χ1n) is 7.44. The summed E-state index contributed by atoms with van der Waals surface area (Å²) < 4.78 is 16.3. The zero-order chi connectivity index (χ0) is 15.1. The molecule has 118 valence electrons. The van der Waals surface area contributed by atoms with Gasteiger partial charge in [-0.2, -0.15) is 0 Å². The van der Waals surface area contributed by atoms with Crippen LogP contribution in [0.15, 0.2) is 18.2 Å². The fraction of sp³-hybridized carbons (Fsp3) is 0.625. The predicted octanol–water partition coefficient (Wildman–Crippen LogP) is 1.17. The molecule has 0 bridgehead atoms. The quantitative estimate of drug-likeness (QED) is 0.765. The first-order chi connectivity index (χ1) is 10.2. The summed E-state index contributed by atoms with van der Waals surface area (Å²) in [6.07, 6.45) is 1.26. The number of benzene rings is 1. The molecular weight excluding hydrogens is 268 g/mol. The van der Waals surface area contributed by atoms with Gasteiger partial charge in [-0.1, -0.05) is 6.07 Å². The Hall–Kier alpha value is -1.30. The average molecular weight is 294 g/mol. The Morgan fingerprint density at radius 1 is 1.29 bits per heavy atom. The van der Waals surface area contributed by atoms with Crippen LogP contribution in [0.2, 0.25) is 0 Å². The summed E-state index contributed by atoms with van der Waals surface area (Å²) in [6.45, 7) is 4.70. The summed E-state index contributed by atoms with van der Waals surface area (Å²) in [5, 5.41) is 3.47. The van der Waals surface area contributed by atoms with Gasteiger partial charge < -0.3 is 24.4 Å². The third-order valence-electron chi connectivity index (χ3n) is 3.75. The standard InChI is InChI=1S/C16H26N2O3/c1-18-8-9-21-14(12-18)11-17-7-6-13-4-5-15(19-2)16(10-13)20-3/h4-5,10,14,17H,6-9,11-12H2,1-3H3. The van der Waals surface area contributed by atoms with Crippen molar-refractivity contribution in [3.05, 3.63) is 23.8 Å². The van der Waals surface area contributed by atoms with Crippen LogP contribution in [0.5, 0.6) is 11.5 Å². The number of nitrogens with zero attached hydrogens (tertiary/aromatic N) is 1. The molecule has 1 saturated heterocycles. The van der Waals surface area contributed by atoms with Crippen LogP contribution in [-0.4, -0.2) is 65.1 Å². The molecule has 0 aromatic heterocycles. The highest BCUT2D eigenvalue weighted by atomic mass is 16.5. The van der Waals surface area contributed by atoms with E-state index in [2.05, 4.69) is 23.3 Å². The van der Waals surface area contributed by atoms with E-state index in [-0.39, 0.29) is 0 Å². The molecule has 2 rings (SSSR count). The van der Waals surface area contributed by atoms with Crippen molar-refractivity contribution in [2.45, 2.75) is 12.5 Å². The topological polar surface area (TPSA) is 43.0 Å². The van der Waals surface area contributed by atoms with Gasteiger partial charge in [0.25, 0.3) is 0 Å². The van der Waals surface area contributed by atoms with Crippen LogP contribution in [0.25, 0.3) is 0 Å². The molecule has 1 aromatic rings. The summed E-state index contributed by atoms with van der Waals surface area (Å²) in [7, 11) is 5.45. The summed E-state index contributed by atoms with van der Waals surface area (Å²) >= 11 is 0. The number of nitrogens with one attached hydrogen (secondary N) is 1. The van der Waals surface area contributed by atoms with E-state index in [1.807, 2.05) is 12.1 Å². The molecule has 21 heavy (non-hydrogen) atoms. The van der Waals surface area contributed by atoms with Crippen molar-refractivity contribution in [3.8, 4) is 11.5 Å². The van der Waals surface area contributed by atoms with Crippen molar-refractivity contribution in [1.82, 2.24) is 10.2 Å². The monoisotopic (exact) mass is 294 g/mol.